The van der Waals surface area contributed by atoms with Gasteiger partial charge >= 0.3 is 0 Å². The lowest BCUT2D eigenvalue weighted by molar-refractivity contribution is 0.0575. The summed E-state index contributed by atoms with van der Waals surface area (Å²) >= 11 is 6.00. The van der Waals surface area contributed by atoms with Crippen molar-refractivity contribution in [2.75, 3.05) is 0 Å². The summed E-state index contributed by atoms with van der Waals surface area (Å²) in [4.78, 5) is 12.3. The number of hydrogen-bond donors (Lipinski definition) is 1. The van der Waals surface area contributed by atoms with Crippen molar-refractivity contribution < 1.29 is 9.90 Å². The van der Waals surface area contributed by atoms with E-state index in [2.05, 4.69) is 5.10 Å². The number of carbonyl (C=O) groups excluding carboxylic acids is 1. The molecule has 1 atom stereocenters. The van der Waals surface area contributed by atoms with Crippen LogP contribution in [0.4, 0.5) is 0 Å². The third-order valence-electron chi connectivity index (χ3n) is 3.24. The Hall–Kier alpha value is -0.870. The molecule has 1 rings (SSSR count). The second-order valence-electron chi connectivity index (χ2n) is 4.77. The number of halogens is 1. The van der Waals surface area contributed by atoms with Crippen molar-refractivity contribution in [3.8, 4) is 0 Å². The van der Waals surface area contributed by atoms with Crippen LogP contribution in [0.2, 0.25) is 5.02 Å². The highest BCUT2D eigenvalue weighted by atomic mass is 35.5. The fraction of sp³-hybridized carbons (Fsp3) is 0.692. The molecule has 1 aromatic heterocycles. The summed E-state index contributed by atoms with van der Waals surface area (Å²) in [7, 11) is 0. The summed E-state index contributed by atoms with van der Waals surface area (Å²) in [6.07, 6.45) is 1.97. The van der Waals surface area contributed by atoms with Crippen molar-refractivity contribution in [3.05, 3.63) is 16.9 Å². The summed E-state index contributed by atoms with van der Waals surface area (Å²) in [5, 5.41) is 14.5. The number of rotatable bonds is 6. The number of aromatic nitrogens is 2. The Bertz CT molecular complexity index is 411. The molecule has 0 amide bonds. The van der Waals surface area contributed by atoms with Crippen molar-refractivity contribution in [2.45, 2.75) is 52.7 Å². The first-order valence-corrected chi connectivity index (χ1v) is 6.77. The van der Waals surface area contributed by atoms with Crippen LogP contribution in [0.1, 0.15) is 57.1 Å². The van der Waals surface area contributed by atoms with Crippen molar-refractivity contribution in [3.63, 3.8) is 0 Å². The minimum Gasteiger partial charge on any atom is -0.385 e. The van der Waals surface area contributed by atoms with Crippen LogP contribution in [0.3, 0.4) is 0 Å². The van der Waals surface area contributed by atoms with E-state index in [9.17, 15) is 9.90 Å². The van der Waals surface area contributed by atoms with Gasteiger partial charge in [0.25, 0.3) is 0 Å². The zero-order chi connectivity index (χ0) is 13.9. The topological polar surface area (TPSA) is 55.1 Å². The summed E-state index contributed by atoms with van der Waals surface area (Å²) in [5.41, 5.74) is 0.311. The molecular formula is C13H21ClN2O2. The number of hydrogen-bond acceptors (Lipinski definition) is 3. The van der Waals surface area contributed by atoms with Gasteiger partial charge in [0.15, 0.2) is 0 Å². The van der Waals surface area contributed by atoms with Gasteiger partial charge in [-0.1, -0.05) is 38.3 Å². The van der Waals surface area contributed by atoms with Gasteiger partial charge in [-0.05, 0) is 19.8 Å². The molecule has 0 aliphatic heterocycles. The molecule has 4 nitrogen and oxygen atoms in total. The van der Waals surface area contributed by atoms with Crippen LogP contribution >= 0.6 is 11.6 Å². The Labute approximate surface area is 113 Å². The minimum atomic E-state index is -1.01. The van der Waals surface area contributed by atoms with Gasteiger partial charge in [0.2, 0.25) is 5.78 Å². The van der Waals surface area contributed by atoms with Crippen LogP contribution in [0.15, 0.2) is 6.20 Å². The van der Waals surface area contributed by atoms with E-state index >= 15 is 0 Å². The van der Waals surface area contributed by atoms with Gasteiger partial charge in [-0.3, -0.25) is 9.48 Å². The number of aliphatic hydroxyl groups excluding tert-OH is 1. The molecule has 0 saturated heterocycles. The van der Waals surface area contributed by atoms with E-state index < -0.39 is 6.10 Å². The number of Topliss-reactive ketones (excluding diaryl/α,β-unsaturated/α-hetero) is 1. The average molecular weight is 273 g/mol. The second kappa shape index (κ2) is 6.34. The molecule has 0 aliphatic rings. The number of carbonyl (C=O) groups is 1. The highest BCUT2D eigenvalue weighted by molar-refractivity contribution is 6.33. The lowest BCUT2D eigenvalue weighted by atomic mass is 9.92. The summed E-state index contributed by atoms with van der Waals surface area (Å²) in [6.45, 7) is 7.77. The number of aliphatic hydroxyl groups is 1. The van der Waals surface area contributed by atoms with Gasteiger partial charge < -0.3 is 5.11 Å². The van der Waals surface area contributed by atoms with Gasteiger partial charge in [0, 0.05) is 6.04 Å². The predicted molar refractivity (Wildman–Crippen MR) is 72.0 cm³/mol. The van der Waals surface area contributed by atoms with E-state index in [1.54, 1.807) is 4.68 Å². The SMILES string of the molecule is CCC(CC)C(O)C(=O)c1c(Cl)cnn1C(C)C. The molecule has 0 saturated carbocycles. The highest BCUT2D eigenvalue weighted by Gasteiger charge is 2.29. The van der Waals surface area contributed by atoms with Crippen molar-refractivity contribution in [1.29, 1.82) is 0 Å². The molecule has 1 heterocycles. The molecule has 0 radical (unpaired) electrons. The molecule has 5 heteroatoms. The fourth-order valence-electron chi connectivity index (χ4n) is 2.05. The van der Waals surface area contributed by atoms with E-state index in [-0.39, 0.29) is 17.7 Å². The first kappa shape index (κ1) is 15.2. The van der Waals surface area contributed by atoms with Crippen LogP contribution in [-0.2, 0) is 0 Å². The lowest BCUT2D eigenvalue weighted by Crippen LogP contribution is -2.31. The summed E-state index contributed by atoms with van der Waals surface area (Å²) in [5.74, 6) is -0.371. The molecule has 0 fully saturated rings. The first-order chi connectivity index (χ1) is 8.43. The summed E-state index contributed by atoms with van der Waals surface area (Å²) < 4.78 is 1.57. The Morgan fingerprint density at radius 1 is 1.44 bits per heavy atom. The quantitative estimate of drug-likeness (QED) is 0.810. The Morgan fingerprint density at radius 2 is 2.00 bits per heavy atom. The molecular weight excluding hydrogens is 252 g/mol. The molecule has 1 N–H and O–H groups in total. The van der Waals surface area contributed by atoms with Crippen molar-refractivity contribution >= 4 is 17.4 Å². The molecule has 1 aromatic rings. The number of ketones is 1. The first-order valence-electron chi connectivity index (χ1n) is 6.39. The second-order valence-corrected chi connectivity index (χ2v) is 5.17. The minimum absolute atomic E-state index is 0.0327. The average Bonchev–Trinajstić information content (AvgIpc) is 2.71. The van der Waals surface area contributed by atoms with Crippen LogP contribution in [-0.4, -0.2) is 26.8 Å². The molecule has 18 heavy (non-hydrogen) atoms. The fourth-order valence-corrected chi connectivity index (χ4v) is 2.28. The Morgan fingerprint density at radius 3 is 2.44 bits per heavy atom. The standard InChI is InChI=1S/C13H21ClN2O2/c1-5-9(6-2)12(17)13(18)11-10(14)7-15-16(11)8(3)4/h7-9,12,17H,5-6H2,1-4H3. The van der Waals surface area contributed by atoms with E-state index in [1.807, 2.05) is 27.7 Å². The molecule has 0 aliphatic carbocycles. The third-order valence-corrected chi connectivity index (χ3v) is 3.51. The Balaban J connectivity index is 3.06. The molecule has 0 bridgehead atoms. The van der Waals surface area contributed by atoms with E-state index in [4.69, 9.17) is 11.6 Å². The maximum atomic E-state index is 12.3. The van der Waals surface area contributed by atoms with Gasteiger partial charge in [-0.2, -0.15) is 5.10 Å². The molecule has 1 unspecified atom stereocenters. The zero-order valence-electron chi connectivity index (χ0n) is 11.4. The number of nitrogens with zero attached hydrogens (tertiary/aromatic N) is 2. The van der Waals surface area contributed by atoms with Crippen molar-refractivity contribution in [2.24, 2.45) is 5.92 Å². The maximum Gasteiger partial charge on any atom is 0.211 e. The highest BCUT2D eigenvalue weighted by Crippen LogP contribution is 2.24. The van der Waals surface area contributed by atoms with Crippen LogP contribution in [0.5, 0.6) is 0 Å². The van der Waals surface area contributed by atoms with Crippen molar-refractivity contribution in [1.82, 2.24) is 9.78 Å². The molecule has 102 valence electrons. The van der Waals surface area contributed by atoms with Crippen LogP contribution in [0.25, 0.3) is 0 Å². The summed E-state index contributed by atoms with van der Waals surface area (Å²) in [6, 6.07) is 0.0327. The van der Waals surface area contributed by atoms with Crippen LogP contribution in [0, 0.1) is 5.92 Å². The van der Waals surface area contributed by atoms with E-state index in [0.717, 1.165) is 12.8 Å². The zero-order valence-corrected chi connectivity index (χ0v) is 12.1. The maximum absolute atomic E-state index is 12.3. The molecule has 0 aromatic carbocycles. The van der Waals surface area contributed by atoms with E-state index in [0.29, 0.717) is 10.7 Å². The van der Waals surface area contributed by atoms with Gasteiger partial charge in [-0.25, -0.2) is 0 Å². The largest absolute Gasteiger partial charge is 0.385 e. The van der Waals surface area contributed by atoms with Gasteiger partial charge in [-0.15, -0.1) is 0 Å². The normalized spacial score (nSPS) is 13.3. The lowest BCUT2D eigenvalue weighted by Gasteiger charge is -2.20. The van der Waals surface area contributed by atoms with E-state index in [1.165, 1.54) is 6.20 Å². The Kier molecular flexibility index (Phi) is 5.35. The predicted octanol–water partition coefficient (Wildman–Crippen LogP) is 3.10. The van der Waals surface area contributed by atoms with Gasteiger partial charge in [0.05, 0.1) is 11.2 Å². The third kappa shape index (κ3) is 2.93. The smallest absolute Gasteiger partial charge is 0.211 e. The van der Waals surface area contributed by atoms with Crippen LogP contribution < -0.4 is 0 Å². The monoisotopic (exact) mass is 272 g/mol. The van der Waals surface area contributed by atoms with Gasteiger partial charge in [0.1, 0.15) is 11.8 Å². The molecule has 0 spiro atoms.